The third kappa shape index (κ3) is 4.81. The maximum atomic E-state index is 13.4. The van der Waals surface area contributed by atoms with Crippen molar-refractivity contribution >= 4 is 29.2 Å². The van der Waals surface area contributed by atoms with E-state index in [1.807, 2.05) is 6.92 Å². The molecule has 160 valence electrons. The van der Waals surface area contributed by atoms with Gasteiger partial charge in [0.15, 0.2) is 0 Å². The standard InChI is InChI=1S/C23H23FN4O2S/c1-4-17-18(14-25)22(27-21(19(17)26-2)28-12-6-5-7-13-28)31-20(23(29)30-3)15-8-10-16(24)11-9-15/h8-11,20H,4-7,12-13H2,1,3H3. The Hall–Kier alpha value is -3.10. The molecule has 6 nitrogen and oxygen atoms in total. The van der Waals surface area contributed by atoms with E-state index in [9.17, 15) is 14.4 Å². The molecule has 0 saturated carbocycles. The van der Waals surface area contributed by atoms with E-state index in [1.165, 1.54) is 31.4 Å². The highest BCUT2D eigenvalue weighted by Gasteiger charge is 2.29. The quantitative estimate of drug-likeness (QED) is 0.351. The molecule has 0 N–H and O–H groups in total. The lowest BCUT2D eigenvalue weighted by atomic mass is 10.0. The molecule has 31 heavy (non-hydrogen) atoms. The van der Waals surface area contributed by atoms with Gasteiger partial charge in [0.1, 0.15) is 28.0 Å². The summed E-state index contributed by atoms with van der Waals surface area (Å²) in [6.07, 6.45) is 3.67. The number of anilines is 1. The zero-order valence-electron chi connectivity index (χ0n) is 17.5. The van der Waals surface area contributed by atoms with Crippen LogP contribution in [0.3, 0.4) is 0 Å². The van der Waals surface area contributed by atoms with E-state index in [2.05, 4.69) is 15.8 Å². The van der Waals surface area contributed by atoms with E-state index in [4.69, 9.17) is 16.3 Å². The van der Waals surface area contributed by atoms with Crippen LogP contribution in [0.15, 0.2) is 29.3 Å². The van der Waals surface area contributed by atoms with Crippen LogP contribution in [-0.2, 0) is 16.0 Å². The van der Waals surface area contributed by atoms with Crippen LogP contribution < -0.4 is 4.90 Å². The van der Waals surface area contributed by atoms with E-state index in [1.54, 1.807) is 0 Å². The number of thioether (sulfide) groups is 1. The molecule has 0 amide bonds. The van der Waals surface area contributed by atoms with Gasteiger partial charge < -0.3 is 9.64 Å². The van der Waals surface area contributed by atoms with Gasteiger partial charge in [0, 0.05) is 13.1 Å². The van der Waals surface area contributed by atoms with Crippen molar-refractivity contribution in [2.24, 2.45) is 0 Å². The predicted octanol–water partition coefficient (Wildman–Crippen LogP) is 5.20. The number of carbonyl (C=O) groups excluding carboxylic acids is 1. The van der Waals surface area contributed by atoms with Crippen molar-refractivity contribution in [3.8, 4) is 6.07 Å². The lowest BCUT2D eigenvalue weighted by molar-refractivity contribution is -0.140. The molecule has 1 saturated heterocycles. The van der Waals surface area contributed by atoms with Crippen LogP contribution in [0.5, 0.6) is 0 Å². The summed E-state index contributed by atoms with van der Waals surface area (Å²) in [5.74, 6) is -0.361. The number of methoxy groups -OCH3 is 1. The number of nitrogens with zero attached hydrogens (tertiary/aromatic N) is 4. The lowest BCUT2D eigenvalue weighted by Gasteiger charge is -2.30. The third-order valence-corrected chi connectivity index (χ3v) is 6.49. The number of esters is 1. The maximum Gasteiger partial charge on any atom is 0.323 e. The summed E-state index contributed by atoms with van der Waals surface area (Å²) in [6, 6.07) is 7.79. The average Bonchev–Trinajstić information content (AvgIpc) is 2.82. The minimum atomic E-state index is -0.817. The Morgan fingerprint density at radius 1 is 1.35 bits per heavy atom. The number of nitriles is 1. The maximum absolute atomic E-state index is 13.4. The summed E-state index contributed by atoms with van der Waals surface area (Å²) in [5.41, 5.74) is 1.89. The van der Waals surface area contributed by atoms with Crippen molar-refractivity contribution < 1.29 is 13.9 Å². The van der Waals surface area contributed by atoms with Crippen LogP contribution in [0, 0.1) is 23.7 Å². The fourth-order valence-electron chi connectivity index (χ4n) is 3.68. The summed E-state index contributed by atoms with van der Waals surface area (Å²) < 4.78 is 18.4. The number of pyridine rings is 1. The first-order valence-corrected chi connectivity index (χ1v) is 11.0. The van der Waals surface area contributed by atoms with E-state index < -0.39 is 17.0 Å². The molecule has 2 heterocycles. The van der Waals surface area contributed by atoms with Gasteiger partial charge in [0.2, 0.25) is 5.69 Å². The van der Waals surface area contributed by atoms with Gasteiger partial charge in [-0.1, -0.05) is 30.8 Å². The highest BCUT2D eigenvalue weighted by Crippen LogP contribution is 2.43. The summed E-state index contributed by atoms with van der Waals surface area (Å²) >= 11 is 1.10. The number of benzene rings is 1. The van der Waals surface area contributed by atoms with Crippen LogP contribution in [0.25, 0.3) is 4.85 Å². The highest BCUT2D eigenvalue weighted by molar-refractivity contribution is 8.00. The van der Waals surface area contributed by atoms with Gasteiger partial charge in [0.05, 0.1) is 19.2 Å². The molecule has 3 rings (SSSR count). The molecule has 1 fully saturated rings. The van der Waals surface area contributed by atoms with Crippen molar-refractivity contribution in [2.45, 2.75) is 42.9 Å². The van der Waals surface area contributed by atoms with E-state index in [0.29, 0.717) is 39.6 Å². The number of rotatable bonds is 6. The predicted molar refractivity (Wildman–Crippen MR) is 118 cm³/mol. The van der Waals surface area contributed by atoms with Crippen molar-refractivity contribution in [1.82, 2.24) is 4.98 Å². The Morgan fingerprint density at radius 3 is 2.58 bits per heavy atom. The summed E-state index contributed by atoms with van der Waals surface area (Å²) in [4.78, 5) is 23.1. The molecule has 2 aromatic rings. The molecule has 1 aromatic carbocycles. The van der Waals surface area contributed by atoms with Gasteiger partial charge >= 0.3 is 5.97 Å². The number of piperidine rings is 1. The second-order valence-corrected chi connectivity index (χ2v) is 8.23. The molecule has 0 radical (unpaired) electrons. The molecule has 1 unspecified atom stereocenters. The Kier molecular flexibility index (Phi) is 7.49. The number of hydrogen-bond acceptors (Lipinski definition) is 6. The van der Waals surface area contributed by atoms with Gasteiger partial charge in [-0.2, -0.15) is 5.26 Å². The lowest BCUT2D eigenvalue weighted by Crippen LogP contribution is -2.30. The zero-order chi connectivity index (χ0) is 22.4. The minimum absolute atomic E-state index is 0.301. The Morgan fingerprint density at radius 2 is 2.03 bits per heavy atom. The van der Waals surface area contributed by atoms with E-state index in [-0.39, 0.29) is 0 Å². The fourth-order valence-corrected chi connectivity index (χ4v) is 4.82. The van der Waals surface area contributed by atoms with Gasteiger partial charge in [-0.15, -0.1) is 0 Å². The normalized spacial score (nSPS) is 14.4. The molecule has 1 atom stereocenters. The van der Waals surface area contributed by atoms with Gasteiger partial charge in [-0.3, -0.25) is 4.79 Å². The largest absolute Gasteiger partial charge is 0.468 e. The Labute approximate surface area is 185 Å². The van der Waals surface area contributed by atoms with Crippen molar-refractivity contribution in [3.05, 3.63) is 58.2 Å². The van der Waals surface area contributed by atoms with Crippen LogP contribution in [0.4, 0.5) is 15.9 Å². The molecule has 0 spiro atoms. The van der Waals surface area contributed by atoms with Gasteiger partial charge in [-0.25, -0.2) is 14.2 Å². The summed E-state index contributed by atoms with van der Waals surface area (Å²) in [6.45, 7) is 11.2. The van der Waals surface area contributed by atoms with Gasteiger partial charge in [-0.05, 0) is 48.9 Å². The number of aromatic nitrogens is 1. The zero-order valence-corrected chi connectivity index (χ0v) is 18.3. The molecule has 1 aliphatic heterocycles. The second-order valence-electron chi connectivity index (χ2n) is 7.14. The first kappa shape index (κ1) is 22.6. The average molecular weight is 439 g/mol. The van der Waals surface area contributed by atoms with Crippen molar-refractivity contribution in [2.75, 3.05) is 25.1 Å². The van der Waals surface area contributed by atoms with Crippen molar-refractivity contribution in [1.29, 1.82) is 5.26 Å². The van der Waals surface area contributed by atoms with E-state index in [0.717, 1.165) is 44.1 Å². The molecular weight excluding hydrogens is 415 g/mol. The minimum Gasteiger partial charge on any atom is -0.468 e. The SMILES string of the molecule is [C-]#[N+]c1c(N2CCCCC2)nc(SC(C(=O)OC)c2ccc(F)cc2)c(C#N)c1CC. The first-order chi connectivity index (χ1) is 15.0. The highest BCUT2D eigenvalue weighted by atomic mass is 32.2. The summed E-state index contributed by atoms with van der Waals surface area (Å²) in [5, 5.41) is 9.45. The number of halogens is 1. The fraction of sp³-hybridized carbons (Fsp3) is 0.391. The molecule has 1 aliphatic rings. The monoisotopic (exact) mass is 438 g/mol. The summed E-state index contributed by atoms with van der Waals surface area (Å²) in [7, 11) is 1.29. The van der Waals surface area contributed by atoms with Crippen molar-refractivity contribution in [3.63, 3.8) is 0 Å². The molecule has 0 aliphatic carbocycles. The van der Waals surface area contributed by atoms with Gasteiger partial charge in [0.25, 0.3) is 0 Å². The molecule has 1 aromatic heterocycles. The number of hydrogen-bond donors (Lipinski definition) is 0. The molecule has 0 bridgehead atoms. The third-order valence-electron chi connectivity index (χ3n) is 5.27. The number of ether oxygens (including phenoxy) is 1. The topological polar surface area (TPSA) is 70.6 Å². The molecule has 8 heteroatoms. The van der Waals surface area contributed by atoms with Crippen LogP contribution in [-0.4, -0.2) is 31.2 Å². The first-order valence-electron chi connectivity index (χ1n) is 10.1. The Bertz CT molecular complexity index is 1040. The smallest absolute Gasteiger partial charge is 0.323 e. The van der Waals surface area contributed by atoms with Crippen LogP contribution in [0.2, 0.25) is 0 Å². The Balaban J connectivity index is 2.13. The van der Waals surface area contributed by atoms with Crippen LogP contribution in [0.1, 0.15) is 48.1 Å². The second kappa shape index (κ2) is 10.3. The molecular formula is C23H23FN4O2S. The number of carbonyl (C=O) groups is 1. The van der Waals surface area contributed by atoms with Crippen LogP contribution >= 0.6 is 11.8 Å². The van der Waals surface area contributed by atoms with E-state index >= 15 is 0 Å².